The highest BCUT2D eigenvalue weighted by atomic mass is 16.1. The number of hydrogen-bond donors (Lipinski definition) is 2. The molecular weight excluding hydrogens is 310 g/mol. The lowest BCUT2D eigenvalue weighted by Crippen LogP contribution is -2.42. The van der Waals surface area contributed by atoms with E-state index in [0.717, 1.165) is 51.9 Å². The Morgan fingerprint density at radius 3 is 2.56 bits per heavy atom. The lowest BCUT2D eigenvalue weighted by molar-refractivity contribution is -0.126. The summed E-state index contributed by atoms with van der Waals surface area (Å²) < 4.78 is 0. The molecule has 4 nitrogen and oxygen atoms in total. The van der Waals surface area contributed by atoms with Gasteiger partial charge in [-0.15, -0.1) is 0 Å². The smallest absolute Gasteiger partial charge is 0.223 e. The number of nitrogens with two attached hydrogens (primary N) is 1. The Kier molecular flexibility index (Phi) is 6.88. The van der Waals surface area contributed by atoms with Crippen molar-refractivity contribution in [2.45, 2.75) is 45.1 Å². The summed E-state index contributed by atoms with van der Waals surface area (Å²) in [5.74, 6) is 1.71. The van der Waals surface area contributed by atoms with Gasteiger partial charge < -0.3 is 11.1 Å². The van der Waals surface area contributed by atoms with Crippen molar-refractivity contribution in [1.29, 1.82) is 0 Å². The Morgan fingerprint density at radius 2 is 1.84 bits per heavy atom. The van der Waals surface area contributed by atoms with Crippen molar-refractivity contribution in [2.24, 2.45) is 23.5 Å². The van der Waals surface area contributed by atoms with E-state index in [2.05, 4.69) is 40.5 Å². The molecule has 1 aliphatic heterocycles. The van der Waals surface area contributed by atoms with Crippen LogP contribution in [0.1, 0.15) is 44.1 Å². The molecule has 1 heterocycles. The van der Waals surface area contributed by atoms with Gasteiger partial charge in [-0.1, -0.05) is 30.3 Å². The van der Waals surface area contributed by atoms with E-state index in [9.17, 15) is 4.79 Å². The maximum atomic E-state index is 12.5. The summed E-state index contributed by atoms with van der Waals surface area (Å²) in [6.07, 6.45) is 6.71. The lowest BCUT2D eigenvalue weighted by atomic mass is 9.81. The van der Waals surface area contributed by atoms with Crippen LogP contribution in [0.5, 0.6) is 0 Å². The molecule has 2 fully saturated rings. The van der Waals surface area contributed by atoms with Gasteiger partial charge in [0, 0.05) is 25.6 Å². The summed E-state index contributed by atoms with van der Waals surface area (Å²) in [5, 5.41) is 3.24. The van der Waals surface area contributed by atoms with Gasteiger partial charge in [0.2, 0.25) is 5.91 Å². The first-order valence-electron chi connectivity index (χ1n) is 9.98. The summed E-state index contributed by atoms with van der Waals surface area (Å²) in [6, 6.07) is 10.7. The third-order valence-corrected chi connectivity index (χ3v) is 5.97. The highest BCUT2D eigenvalue weighted by Crippen LogP contribution is 2.28. The molecule has 1 aliphatic carbocycles. The van der Waals surface area contributed by atoms with Crippen molar-refractivity contribution in [3.63, 3.8) is 0 Å². The SMILES string of the molecule is NCC1CCC(C(=O)NC[C@@H]2CCCN(Cc3ccccc3)C2)CC1. The fourth-order valence-corrected chi connectivity index (χ4v) is 4.35. The molecule has 1 saturated heterocycles. The van der Waals surface area contributed by atoms with Crippen LogP contribution in [0.2, 0.25) is 0 Å². The van der Waals surface area contributed by atoms with Crippen molar-refractivity contribution >= 4 is 5.91 Å². The first-order chi connectivity index (χ1) is 12.2. The molecule has 25 heavy (non-hydrogen) atoms. The number of nitrogens with zero attached hydrogens (tertiary/aromatic N) is 1. The zero-order valence-electron chi connectivity index (χ0n) is 15.3. The van der Waals surface area contributed by atoms with Crippen molar-refractivity contribution in [1.82, 2.24) is 10.2 Å². The molecule has 1 aromatic carbocycles. The molecule has 0 aromatic heterocycles. The molecule has 1 saturated carbocycles. The van der Waals surface area contributed by atoms with Crippen LogP contribution in [0.25, 0.3) is 0 Å². The van der Waals surface area contributed by atoms with Crippen molar-refractivity contribution in [3.05, 3.63) is 35.9 Å². The number of hydrogen-bond acceptors (Lipinski definition) is 3. The Balaban J connectivity index is 1.40. The lowest BCUT2D eigenvalue weighted by Gasteiger charge is -2.33. The third-order valence-electron chi connectivity index (χ3n) is 5.97. The van der Waals surface area contributed by atoms with Gasteiger partial charge in [0.15, 0.2) is 0 Å². The van der Waals surface area contributed by atoms with Gasteiger partial charge >= 0.3 is 0 Å². The van der Waals surface area contributed by atoms with Gasteiger partial charge in [0.25, 0.3) is 0 Å². The van der Waals surface area contributed by atoms with Crippen molar-refractivity contribution in [2.75, 3.05) is 26.2 Å². The Morgan fingerprint density at radius 1 is 1.08 bits per heavy atom. The van der Waals surface area contributed by atoms with E-state index in [-0.39, 0.29) is 11.8 Å². The van der Waals surface area contributed by atoms with Crippen LogP contribution in [0.4, 0.5) is 0 Å². The minimum atomic E-state index is 0.215. The Hall–Kier alpha value is -1.39. The quantitative estimate of drug-likeness (QED) is 0.835. The molecule has 0 bridgehead atoms. The van der Waals surface area contributed by atoms with Crippen LogP contribution < -0.4 is 11.1 Å². The van der Waals surface area contributed by atoms with Gasteiger partial charge in [-0.25, -0.2) is 0 Å². The van der Waals surface area contributed by atoms with Crippen LogP contribution in [0.15, 0.2) is 30.3 Å². The summed E-state index contributed by atoms with van der Waals surface area (Å²) in [5.41, 5.74) is 7.12. The number of rotatable bonds is 6. The van der Waals surface area contributed by atoms with Gasteiger partial charge in [-0.3, -0.25) is 9.69 Å². The van der Waals surface area contributed by atoms with E-state index in [1.807, 2.05) is 0 Å². The summed E-state index contributed by atoms with van der Waals surface area (Å²) in [7, 11) is 0. The fourth-order valence-electron chi connectivity index (χ4n) is 4.35. The van der Waals surface area contributed by atoms with Gasteiger partial charge in [-0.2, -0.15) is 0 Å². The predicted octanol–water partition coefficient (Wildman–Crippen LogP) is 2.78. The average Bonchev–Trinajstić information content (AvgIpc) is 2.67. The molecule has 3 N–H and O–H groups in total. The van der Waals surface area contributed by atoms with Crippen molar-refractivity contribution in [3.8, 4) is 0 Å². The van der Waals surface area contributed by atoms with E-state index in [1.54, 1.807) is 0 Å². The zero-order chi connectivity index (χ0) is 17.5. The molecule has 1 amide bonds. The highest BCUT2D eigenvalue weighted by Gasteiger charge is 2.26. The average molecular weight is 344 g/mol. The fraction of sp³-hybridized carbons (Fsp3) is 0.667. The molecule has 1 aromatic rings. The van der Waals surface area contributed by atoms with E-state index in [1.165, 1.54) is 24.9 Å². The molecule has 3 rings (SSSR count). The number of carbonyl (C=O) groups is 1. The van der Waals surface area contributed by atoms with Crippen LogP contribution in [-0.4, -0.2) is 37.0 Å². The number of likely N-dealkylation sites (tertiary alicyclic amines) is 1. The maximum absolute atomic E-state index is 12.5. The second-order valence-electron chi connectivity index (χ2n) is 7.93. The standard InChI is InChI=1S/C21H33N3O/c22-13-17-8-10-20(11-9-17)21(25)23-14-19-7-4-12-24(16-19)15-18-5-2-1-3-6-18/h1-3,5-6,17,19-20H,4,7-16,22H2,(H,23,25)/t17?,19-,20?/m0/s1. The first-order valence-corrected chi connectivity index (χ1v) is 9.98. The monoisotopic (exact) mass is 343 g/mol. The molecule has 0 spiro atoms. The van der Waals surface area contributed by atoms with Crippen LogP contribution in [-0.2, 0) is 11.3 Å². The van der Waals surface area contributed by atoms with Crippen LogP contribution in [0, 0.1) is 17.8 Å². The third kappa shape index (κ3) is 5.55. The number of carbonyl (C=O) groups excluding carboxylic acids is 1. The summed E-state index contributed by atoms with van der Waals surface area (Å²) in [6.45, 7) is 4.89. The van der Waals surface area contributed by atoms with E-state index < -0.39 is 0 Å². The number of nitrogens with one attached hydrogen (secondary N) is 1. The minimum absolute atomic E-state index is 0.215. The molecule has 138 valence electrons. The number of amides is 1. The summed E-state index contributed by atoms with van der Waals surface area (Å²) >= 11 is 0. The first kappa shape index (κ1) is 18.4. The number of benzene rings is 1. The maximum Gasteiger partial charge on any atom is 0.223 e. The molecule has 4 heteroatoms. The topological polar surface area (TPSA) is 58.4 Å². The summed E-state index contributed by atoms with van der Waals surface area (Å²) in [4.78, 5) is 15.0. The molecule has 1 atom stereocenters. The minimum Gasteiger partial charge on any atom is -0.356 e. The van der Waals surface area contributed by atoms with Gasteiger partial charge in [0.1, 0.15) is 0 Å². The predicted molar refractivity (Wildman–Crippen MR) is 102 cm³/mol. The van der Waals surface area contributed by atoms with E-state index in [4.69, 9.17) is 5.73 Å². The highest BCUT2D eigenvalue weighted by molar-refractivity contribution is 5.78. The van der Waals surface area contributed by atoms with E-state index in [0.29, 0.717) is 11.8 Å². The van der Waals surface area contributed by atoms with Crippen LogP contribution >= 0.6 is 0 Å². The Bertz CT molecular complexity index is 525. The van der Waals surface area contributed by atoms with Crippen LogP contribution in [0.3, 0.4) is 0 Å². The largest absolute Gasteiger partial charge is 0.356 e. The normalized spacial score (nSPS) is 27.8. The second kappa shape index (κ2) is 9.35. The molecular formula is C21H33N3O. The molecule has 2 aliphatic rings. The van der Waals surface area contributed by atoms with E-state index >= 15 is 0 Å². The molecule has 0 unspecified atom stereocenters. The number of piperidine rings is 1. The van der Waals surface area contributed by atoms with Gasteiger partial charge in [-0.05, 0) is 69.0 Å². The Labute approximate surface area is 152 Å². The molecule has 0 radical (unpaired) electrons. The van der Waals surface area contributed by atoms with Gasteiger partial charge in [0.05, 0.1) is 0 Å². The second-order valence-corrected chi connectivity index (χ2v) is 7.93. The zero-order valence-corrected chi connectivity index (χ0v) is 15.3. The van der Waals surface area contributed by atoms with Crippen molar-refractivity contribution < 1.29 is 4.79 Å².